The van der Waals surface area contributed by atoms with Crippen molar-refractivity contribution in [1.29, 1.82) is 0 Å². The van der Waals surface area contributed by atoms with Crippen molar-refractivity contribution >= 4 is 12.0 Å². The van der Waals surface area contributed by atoms with E-state index in [0.717, 1.165) is 12.8 Å². The lowest BCUT2D eigenvalue weighted by Crippen LogP contribution is -2.50. The monoisotopic (exact) mass is 334 g/mol. The second kappa shape index (κ2) is 9.96. The minimum absolute atomic E-state index is 0.0199. The number of hydrogen-bond donors (Lipinski definition) is 2. The van der Waals surface area contributed by atoms with Crippen molar-refractivity contribution < 1.29 is 14.3 Å². The number of hydrogen-bond acceptors (Lipinski definition) is 3. The van der Waals surface area contributed by atoms with Gasteiger partial charge in [0.15, 0.2) is 0 Å². The zero-order chi connectivity index (χ0) is 18.1. The maximum absolute atomic E-state index is 12.3. The number of carbonyl (C=O) groups is 2. The average Bonchev–Trinajstić information content (AvgIpc) is 2.52. The van der Waals surface area contributed by atoms with Gasteiger partial charge >= 0.3 is 6.09 Å². The normalized spacial score (nSPS) is 12.1. The quantitative estimate of drug-likeness (QED) is 0.768. The van der Waals surface area contributed by atoms with Crippen LogP contribution in [0.5, 0.6) is 0 Å². The number of alkyl carbamates (subject to hydrolysis) is 1. The molecule has 0 radical (unpaired) electrons. The van der Waals surface area contributed by atoms with Gasteiger partial charge in [-0.3, -0.25) is 4.79 Å². The number of carbonyl (C=O) groups excluding carboxylic acids is 2. The van der Waals surface area contributed by atoms with E-state index in [0.29, 0.717) is 6.54 Å². The number of nitrogens with one attached hydrogen (secondary N) is 2. The molecule has 0 spiro atoms. The van der Waals surface area contributed by atoms with Gasteiger partial charge in [0, 0.05) is 6.54 Å². The Labute approximate surface area is 145 Å². The van der Waals surface area contributed by atoms with E-state index in [1.165, 1.54) is 11.1 Å². The van der Waals surface area contributed by atoms with E-state index in [4.69, 9.17) is 4.74 Å². The Kier molecular flexibility index (Phi) is 8.30. The molecule has 0 saturated heterocycles. The van der Waals surface area contributed by atoms with Crippen LogP contribution in [0, 0.1) is 5.92 Å². The van der Waals surface area contributed by atoms with Crippen molar-refractivity contribution in [3.63, 3.8) is 0 Å². The summed E-state index contributed by atoms with van der Waals surface area (Å²) < 4.78 is 5.05. The summed E-state index contributed by atoms with van der Waals surface area (Å²) in [4.78, 5) is 24.0. The largest absolute Gasteiger partial charge is 0.447 e. The summed E-state index contributed by atoms with van der Waals surface area (Å²) in [5.41, 5.74) is 2.48. The van der Waals surface area contributed by atoms with Crippen molar-refractivity contribution in [2.45, 2.75) is 59.6 Å². The number of amides is 2. The number of ether oxygens (including phenoxy) is 1. The number of aryl methyl sites for hydroxylation is 1. The molecule has 0 fully saturated rings. The summed E-state index contributed by atoms with van der Waals surface area (Å²) in [6.45, 7) is 9.99. The van der Waals surface area contributed by atoms with E-state index < -0.39 is 12.1 Å². The average molecular weight is 334 g/mol. The van der Waals surface area contributed by atoms with Gasteiger partial charge in [0.2, 0.25) is 5.91 Å². The molecule has 0 aliphatic heterocycles. The highest BCUT2D eigenvalue weighted by Gasteiger charge is 2.24. The fourth-order valence-corrected chi connectivity index (χ4v) is 2.29. The predicted molar refractivity (Wildman–Crippen MR) is 95.9 cm³/mol. The van der Waals surface area contributed by atoms with Gasteiger partial charge in [0.05, 0.1) is 6.10 Å². The minimum Gasteiger partial charge on any atom is -0.447 e. The summed E-state index contributed by atoms with van der Waals surface area (Å²) >= 11 is 0. The fraction of sp³-hybridized carbons (Fsp3) is 0.579. The Bertz CT molecular complexity index is 524. The van der Waals surface area contributed by atoms with Crippen LogP contribution in [-0.4, -0.2) is 30.7 Å². The topological polar surface area (TPSA) is 67.4 Å². The molecule has 1 rings (SSSR count). The zero-order valence-corrected chi connectivity index (χ0v) is 15.4. The molecule has 5 heteroatoms. The van der Waals surface area contributed by atoms with E-state index in [9.17, 15) is 9.59 Å². The lowest BCUT2D eigenvalue weighted by atomic mass is 10.0. The Morgan fingerprint density at radius 3 is 2.12 bits per heavy atom. The molecule has 0 aliphatic carbocycles. The highest BCUT2D eigenvalue weighted by molar-refractivity contribution is 5.85. The summed E-state index contributed by atoms with van der Waals surface area (Å²) in [6.07, 6.45) is 1.00. The molecule has 24 heavy (non-hydrogen) atoms. The summed E-state index contributed by atoms with van der Waals surface area (Å²) in [6, 6.07) is 7.79. The van der Waals surface area contributed by atoms with Gasteiger partial charge in [0.25, 0.3) is 0 Å². The molecular weight excluding hydrogens is 304 g/mol. The van der Waals surface area contributed by atoms with Crippen molar-refractivity contribution in [2.24, 2.45) is 5.92 Å². The van der Waals surface area contributed by atoms with E-state index in [1.54, 1.807) is 13.8 Å². The first-order valence-electron chi connectivity index (χ1n) is 8.66. The van der Waals surface area contributed by atoms with Crippen molar-refractivity contribution in [2.75, 3.05) is 6.54 Å². The molecule has 0 aliphatic rings. The van der Waals surface area contributed by atoms with E-state index in [2.05, 4.69) is 41.8 Å². The molecule has 1 aromatic carbocycles. The molecule has 0 unspecified atom stereocenters. The van der Waals surface area contributed by atoms with Crippen LogP contribution in [0.1, 0.15) is 45.7 Å². The van der Waals surface area contributed by atoms with Crippen LogP contribution in [-0.2, 0) is 22.4 Å². The molecule has 1 atom stereocenters. The molecule has 1 aromatic rings. The van der Waals surface area contributed by atoms with Crippen molar-refractivity contribution in [3.8, 4) is 0 Å². The van der Waals surface area contributed by atoms with E-state index in [-0.39, 0.29) is 17.9 Å². The van der Waals surface area contributed by atoms with Gasteiger partial charge in [-0.25, -0.2) is 4.79 Å². The summed E-state index contributed by atoms with van der Waals surface area (Å²) in [5, 5.41) is 5.53. The zero-order valence-electron chi connectivity index (χ0n) is 15.4. The van der Waals surface area contributed by atoms with Crippen LogP contribution in [0.3, 0.4) is 0 Å². The molecule has 0 bridgehead atoms. The highest BCUT2D eigenvalue weighted by Crippen LogP contribution is 2.06. The van der Waals surface area contributed by atoms with Crippen molar-refractivity contribution in [1.82, 2.24) is 10.6 Å². The van der Waals surface area contributed by atoms with Crippen LogP contribution >= 0.6 is 0 Å². The first-order chi connectivity index (χ1) is 11.3. The first-order valence-corrected chi connectivity index (χ1v) is 8.66. The van der Waals surface area contributed by atoms with Crippen molar-refractivity contribution in [3.05, 3.63) is 35.4 Å². The SMILES string of the molecule is CCc1ccc(CCNC(=O)[C@@H](NC(=O)OC(C)C)C(C)C)cc1. The summed E-state index contributed by atoms with van der Waals surface area (Å²) in [5.74, 6) is -0.204. The maximum Gasteiger partial charge on any atom is 0.408 e. The van der Waals surface area contributed by atoms with Crippen LogP contribution in [0.2, 0.25) is 0 Å². The molecule has 0 saturated carbocycles. The van der Waals surface area contributed by atoms with Crippen LogP contribution in [0.25, 0.3) is 0 Å². The molecule has 134 valence electrons. The van der Waals surface area contributed by atoms with Crippen LogP contribution in [0.15, 0.2) is 24.3 Å². The molecule has 2 amide bonds. The van der Waals surface area contributed by atoms with Crippen LogP contribution < -0.4 is 10.6 Å². The lowest BCUT2D eigenvalue weighted by Gasteiger charge is -2.22. The van der Waals surface area contributed by atoms with E-state index >= 15 is 0 Å². The highest BCUT2D eigenvalue weighted by atomic mass is 16.6. The maximum atomic E-state index is 12.3. The minimum atomic E-state index is -0.598. The third-order valence-corrected chi connectivity index (χ3v) is 3.71. The van der Waals surface area contributed by atoms with Gasteiger partial charge < -0.3 is 15.4 Å². The van der Waals surface area contributed by atoms with Gasteiger partial charge in [-0.15, -0.1) is 0 Å². The Morgan fingerprint density at radius 1 is 1.04 bits per heavy atom. The molecular formula is C19H30N2O3. The molecule has 0 aromatic heterocycles. The molecule has 5 nitrogen and oxygen atoms in total. The Balaban J connectivity index is 2.48. The second-order valence-corrected chi connectivity index (χ2v) is 6.53. The van der Waals surface area contributed by atoms with E-state index in [1.807, 2.05) is 13.8 Å². The van der Waals surface area contributed by atoms with Crippen LogP contribution in [0.4, 0.5) is 4.79 Å². The van der Waals surface area contributed by atoms with Gasteiger partial charge in [0.1, 0.15) is 6.04 Å². The number of benzene rings is 1. The lowest BCUT2D eigenvalue weighted by molar-refractivity contribution is -0.124. The van der Waals surface area contributed by atoms with Gasteiger partial charge in [-0.05, 0) is 43.7 Å². The first kappa shape index (κ1) is 20.0. The molecule has 2 N–H and O–H groups in total. The fourth-order valence-electron chi connectivity index (χ4n) is 2.29. The predicted octanol–water partition coefficient (Wildman–Crippen LogP) is 3.07. The van der Waals surface area contributed by atoms with Gasteiger partial charge in [-0.1, -0.05) is 45.0 Å². The summed E-state index contributed by atoms with van der Waals surface area (Å²) in [7, 11) is 0. The standard InChI is InChI=1S/C19H30N2O3/c1-6-15-7-9-16(10-8-15)11-12-20-18(22)17(13(2)3)21-19(23)24-14(4)5/h7-10,13-14,17H,6,11-12H2,1-5H3,(H,20,22)(H,21,23)/t17-/m0/s1. The Morgan fingerprint density at radius 2 is 1.62 bits per heavy atom. The second-order valence-electron chi connectivity index (χ2n) is 6.53. The smallest absolute Gasteiger partial charge is 0.408 e. The number of rotatable bonds is 8. The molecule has 0 heterocycles. The Hall–Kier alpha value is -2.04. The van der Waals surface area contributed by atoms with Gasteiger partial charge in [-0.2, -0.15) is 0 Å². The third-order valence-electron chi connectivity index (χ3n) is 3.71. The third kappa shape index (κ3) is 7.02.